The second-order valence-corrected chi connectivity index (χ2v) is 9.70. The molecular weight excluding hydrogens is 406 g/mol. The predicted octanol–water partition coefficient (Wildman–Crippen LogP) is 4.74. The van der Waals surface area contributed by atoms with Crippen molar-refractivity contribution in [1.82, 2.24) is 14.8 Å². The molecule has 0 aliphatic carbocycles. The van der Waals surface area contributed by atoms with E-state index >= 15 is 0 Å². The molecule has 1 saturated heterocycles. The summed E-state index contributed by atoms with van der Waals surface area (Å²) in [5.41, 5.74) is 7.76. The highest BCUT2D eigenvalue weighted by atomic mass is 16.2. The first-order valence-corrected chi connectivity index (χ1v) is 12.1. The monoisotopic (exact) mass is 439 g/mol. The molecule has 4 nitrogen and oxygen atoms in total. The minimum absolute atomic E-state index is 0.0460. The standard InChI is InChI=1S/C29H33N3O/c1-21-7-3-4-8-24(21)17-22-11-12-27(30-19-22)23-13-15-32(16-14-23)29(33)28-18-25-9-5-6-10-26(25)20-31(28)2/h3-12,19,23,28H,13-18,20H2,1-2H3. The van der Waals surface area contributed by atoms with Crippen LogP contribution in [0.5, 0.6) is 0 Å². The SMILES string of the molecule is Cc1ccccc1Cc1ccc(C2CCN(C(=O)C3Cc4ccccc4CN3C)CC2)nc1. The highest BCUT2D eigenvalue weighted by molar-refractivity contribution is 5.82. The molecule has 0 spiro atoms. The molecule has 170 valence electrons. The van der Waals surface area contributed by atoms with E-state index in [1.165, 1.54) is 33.5 Å². The van der Waals surface area contributed by atoms with E-state index in [0.717, 1.165) is 45.3 Å². The van der Waals surface area contributed by atoms with Crippen LogP contribution in [0, 0.1) is 6.92 Å². The number of rotatable bonds is 4. The molecule has 1 aromatic heterocycles. The Morgan fingerprint density at radius 2 is 1.70 bits per heavy atom. The second-order valence-electron chi connectivity index (χ2n) is 9.70. The van der Waals surface area contributed by atoms with Gasteiger partial charge in [-0.15, -0.1) is 0 Å². The maximum absolute atomic E-state index is 13.3. The number of likely N-dealkylation sites (tertiary alicyclic amines) is 1. The lowest BCUT2D eigenvalue weighted by molar-refractivity contribution is -0.138. The fourth-order valence-electron chi connectivity index (χ4n) is 5.35. The van der Waals surface area contributed by atoms with Crippen LogP contribution in [0.25, 0.3) is 0 Å². The molecule has 2 aromatic carbocycles. The fraction of sp³-hybridized carbons (Fsp3) is 0.379. The molecule has 1 amide bonds. The Balaban J connectivity index is 1.18. The highest BCUT2D eigenvalue weighted by Gasteiger charge is 2.34. The van der Waals surface area contributed by atoms with Gasteiger partial charge >= 0.3 is 0 Å². The molecule has 3 aromatic rings. The third kappa shape index (κ3) is 4.72. The first-order valence-electron chi connectivity index (χ1n) is 12.1. The van der Waals surface area contributed by atoms with Crippen molar-refractivity contribution < 1.29 is 4.79 Å². The average Bonchev–Trinajstić information content (AvgIpc) is 2.85. The van der Waals surface area contributed by atoms with Crippen molar-refractivity contribution in [2.75, 3.05) is 20.1 Å². The molecule has 4 heteroatoms. The lowest BCUT2D eigenvalue weighted by atomic mass is 9.90. The quantitative estimate of drug-likeness (QED) is 0.589. The van der Waals surface area contributed by atoms with Gasteiger partial charge in [-0.3, -0.25) is 14.7 Å². The normalized spacial score (nSPS) is 19.3. The number of nitrogens with zero attached hydrogens (tertiary/aromatic N) is 3. The zero-order valence-electron chi connectivity index (χ0n) is 19.7. The van der Waals surface area contributed by atoms with Crippen molar-refractivity contribution >= 4 is 5.91 Å². The maximum Gasteiger partial charge on any atom is 0.240 e. The molecule has 2 aliphatic heterocycles. The van der Waals surface area contributed by atoms with Crippen molar-refractivity contribution in [3.8, 4) is 0 Å². The van der Waals surface area contributed by atoms with Gasteiger partial charge in [-0.25, -0.2) is 0 Å². The van der Waals surface area contributed by atoms with Crippen LogP contribution in [-0.2, 0) is 24.2 Å². The van der Waals surface area contributed by atoms with Gasteiger partial charge in [0.1, 0.15) is 0 Å². The zero-order chi connectivity index (χ0) is 22.8. The van der Waals surface area contributed by atoms with Crippen LogP contribution in [0.2, 0.25) is 0 Å². The van der Waals surface area contributed by atoms with Gasteiger partial charge in [0.05, 0.1) is 6.04 Å². The summed E-state index contributed by atoms with van der Waals surface area (Å²) in [5.74, 6) is 0.721. The number of piperidine rings is 1. The second kappa shape index (κ2) is 9.48. The number of hydrogen-bond donors (Lipinski definition) is 0. The topological polar surface area (TPSA) is 36.4 Å². The molecule has 0 N–H and O–H groups in total. The Kier molecular flexibility index (Phi) is 6.28. The molecule has 3 heterocycles. The van der Waals surface area contributed by atoms with Crippen molar-refractivity contribution in [1.29, 1.82) is 0 Å². The Hall–Kier alpha value is -2.98. The van der Waals surface area contributed by atoms with Gasteiger partial charge in [0.15, 0.2) is 0 Å². The first kappa shape index (κ1) is 21.8. The molecule has 0 radical (unpaired) electrons. The lowest BCUT2D eigenvalue weighted by Crippen LogP contribution is -2.51. The Morgan fingerprint density at radius 1 is 0.970 bits per heavy atom. The number of pyridine rings is 1. The molecular formula is C29H33N3O. The summed E-state index contributed by atoms with van der Waals surface area (Å²) in [7, 11) is 2.08. The largest absolute Gasteiger partial charge is 0.341 e. The van der Waals surface area contributed by atoms with Crippen molar-refractivity contribution in [3.05, 3.63) is 100 Å². The molecule has 33 heavy (non-hydrogen) atoms. The van der Waals surface area contributed by atoms with Crippen LogP contribution in [0.1, 0.15) is 52.3 Å². The summed E-state index contributed by atoms with van der Waals surface area (Å²) in [4.78, 5) is 22.4. The lowest BCUT2D eigenvalue weighted by Gasteiger charge is -2.39. The number of likely N-dealkylation sites (N-methyl/N-ethyl adjacent to an activating group) is 1. The van der Waals surface area contributed by atoms with Gasteiger partial charge in [-0.05, 0) is 73.5 Å². The van der Waals surface area contributed by atoms with Gasteiger partial charge in [0.25, 0.3) is 0 Å². The summed E-state index contributed by atoms with van der Waals surface area (Å²) in [6.45, 7) is 4.65. The minimum atomic E-state index is -0.0460. The van der Waals surface area contributed by atoms with E-state index in [-0.39, 0.29) is 11.9 Å². The van der Waals surface area contributed by atoms with Gasteiger partial charge < -0.3 is 4.90 Å². The molecule has 1 unspecified atom stereocenters. The van der Waals surface area contributed by atoms with Crippen LogP contribution in [0.3, 0.4) is 0 Å². The number of aromatic nitrogens is 1. The van der Waals surface area contributed by atoms with Crippen LogP contribution >= 0.6 is 0 Å². The number of carbonyl (C=O) groups is 1. The molecule has 0 bridgehead atoms. The van der Waals surface area contributed by atoms with E-state index in [9.17, 15) is 4.79 Å². The van der Waals surface area contributed by atoms with E-state index in [4.69, 9.17) is 4.98 Å². The molecule has 2 aliphatic rings. The molecule has 0 saturated carbocycles. The van der Waals surface area contributed by atoms with E-state index < -0.39 is 0 Å². The van der Waals surface area contributed by atoms with E-state index in [0.29, 0.717) is 5.92 Å². The molecule has 1 atom stereocenters. The van der Waals surface area contributed by atoms with Gasteiger partial charge in [0.2, 0.25) is 5.91 Å². The molecule has 1 fully saturated rings. The number of amides is 1. The highest BCUT2D eigenvalue weighted by Crippen LogP contribution is 2.29. The van der Waals surface area contributed by atoms with E-state index in [2.05, 4.69) is 84.4 Å². The Labute approximate surface area is 197 Å². The number of aryl methyl sites for hydroxylation is 1. The number of hydrogen-bond acceptors (Lipinski definition) is 3. The van der Waals surface area contributed by atoms with Crippen LogP contribution in [0.15, 0.2) is 66.9 Å². The van der Waals surface area contributed by atoms with Crippen molar-refractivity contribution in [2.45, 2.75) is 51.1 Å². The minimum Gasteiger partial charge on any atom is -0.341 e. The van der Waals surface area contributed by atoms with Gasteiger partial charge in [-0.1, -0.05) is 54.6 Å². The third-order valence-corrected chi connectivity index (χ3v) is 7.50. The summed E-state index contributed by atoms with van der Waals surface area (Å²) >= 11 is 0. The summed E-state index contributed by atoms with van der Waals surface area (Å²) in [5, 5.41) is 0. The van der Waals surface area contributed by atoms with E-state index in [1.807, 2.05) is 6.20 Å². The zero-order valence-corrected chi connectivity index (χ0v) is 19.7. The Bertz CT molecular complexity index is 1120. The summed E-state index contributed by atoms with van der Waals surface area (Å²) in [6.07, 6.45) is 5.75. The van der Waals surface area contributed by atoms with Crippen molar-refractivity contribution in [3.63, 3.8) is 0 Å². The number of benzene rings is 2. The Morgan fingerprint density at radius 3 is 2.42 bits per heavy atom. The van der Waals surface area contributed by atoms with Gasteiger partial charge in [-0.2, -0.15) is 0 Å². The molecule has 5 rings (SSSR count). The number of fused-ring (bicyclic) bond motifs is 1. The van der Waals surface area contributed by atoms with Gasteiger partial charge in [0, 0.05) is 37.4 Å². The average molecular weight is 440 g/mol. The smallest absolute Gasteiger partial charge is 0.240 e. The van der Waals surface area contributed by atoms with E-state index in [1.54, 1.807) is 0 Å². The predicted molar refractivity (Wildman–Crippen MR) is 132 cm³/mol. The van der Waals surface area contributed by atoms with Crippen molar-refractivity contribution in [2.24, 2.45) is 0 Å². The summed E-state index contributed by atoms with van der Waals surface area (Å²) < 4.78 is 0. The first-order chi connectivity index (χ1) is 16.1. The van der Waals surface area contributed by atoms with Crippen LogP contribution in [0.4, 0.5) is 0 Å². The third-order valence-electron chi connectivity index (χ3n) is 7.50. The maximum atomic E-state index is 13.3. The number of carbonyl (C=O) groups excluding carboxylic acids is 1. The fourth-order valence-corrected chi connectivity index (χ4v) is 5.35. The van der Waals surface area contributed by atoms with Crippen LogP contribution in [-0.4, -0.2) is 46.9 Å². The van der Waals surface area contributed by atoms with Crippen LogP contribution < -0.4 is 0 Å². The summed E-state index contributed by atoms with van der Waals surface area (Å²) in [6, 6.07) is 21.4.